The summed E-state index contributed by atoms with van der Waals surface area (Å²) < 4.78 is 1.93. The molecule has 1 nitrogen and oxygen atoms in total. The van der Waals surface area contributed by atoms with Crippen molar-refractivity contribution >= 4 is 27.0 Å². The van der Waals surface area contributed by atoms with Crippen molar-refractivity contribution in [2.75, 3.05) is 0 Å². The van der Waals surface area contributed by atoms with E-state index in [2.05, 4.69) is 40.6 Å². The van der Waals surface area contributed by atoms with Gasteiger partial charge in [-0.15, -0.1) is 0 Å². The predicted molar refractivity (Wildman–Crippen MR) is 45.3 cm³/mol. The summed E-state index contributed by atoms with van der Waals surface area (Å²) in [6, 6.07) is 10.4. The molecule has 0 radical (unpaired) electrons. The molecule has 1 heterocycles. The Labute approximate surface area is 73.7 Å². The molecule has 0 amide bonds. The van der Waals surface area contributed by atoms with Crippen molar-refractivity contribution in [3.05, 3.63) is 42.7 Å². The van der Waals surface area contributed by atoms with E-state index in [1.165, 1.54) is 10.8 Å². The van der Waals surface area contributed by atoms with Crippen LogP contribution >= 0.6 is 0 Å². The average Bonchev–Trinajstić information content (AvgIpc) is 2.04. The van der Waals surface area contributed by atoms with E-state index < -0.39 is 0 Å². The van der Waals surface area contributed by atoms with Gasteiger partial charge in [0.25, 0.3) is 0 Å². The molecule has 0 unspecified atom stereocenters. The van der Waals surface area contributed by atoms with Gasteiger partial charge in [0, 0.05) is 0 Å². The summed E-state index contributed by atoms with van der Waals surface area (Å²) in [5.41, 5.74) is 0. The molecule has 2 rings (SSSR count). The molecule has 0 aliphatic heterocycles. The number of aromatic nitrogens is 1. The zero-order valence-electron chi connectivity index (χ0n) is 5.90. The number of hydrogen-bond acceptors (Lipinski definition) is 0. The van der Waals surface area contributed by atoms with Gasteiger partial charge in [0.15, 0.2) is 0 Å². The molecule has 0 atom stereocenters. The molecule has 0 bridgehead atoms. The second-order valence-corrected chi connectivity index (χ2v) is 3.32. The summed E-state index contributed by atoms with van der Waals surface area (Å²) in [7, 11) is 0. The minimum absolute atomic E-state index is 1.26. The summed E-state index contributed by atoms with van der Waals surface area (Å²) in [6.07, 6.45) is 4.07. The van der Waals surface area contributed by atoms with Crippen LogP contribution in [0.15, 0.2) is 42.7 Å². The number of pyridine rings is 1. The average molecular weight is 208 g/mol. The van der Waals surface area contributed by atoms with Gasteiger partial charge >= 0.3 is 73.3 Å². The van der Waals surface area contributed by atoms with E-state index >= 15 is 0 Å². The van der Waals surface area contributed by atoms with Crippen molar-refractivity contribution in [3.63, 3.8) is 0 Å². The summed E-state index contributed by atoms with van der Waals surface area (Å²) in [5, 5.41) is 2.53. The van der Waals surface area contributed by atoms with Gasteiger partial charge in [-0.1, -0.05) is 0 Å². The fourth-order valence-corrected chi connectivity index (χ4v) is 1.48. The normalized spacial score (nSPS) is 10.2. The topological polar surface area (TPSA) is 3.88 Å². The van der Waals surface area contributed by atoms with E-state index in [4.69, 9.17) is 0 Å². The van der Waals surface area contributed by atoms with Crippen molar-refractivity contribution in [1.29, 1.82) is 0 Å². The summed E-state index contributed by atoms with van der Waals surface area (Å²) in [4.78, 5) is 0. The second kappa shape index (κ2) is 2.65. The number of nitrogens with zero attached hydrogens (tertiary/aromatic N) is 1. The zero-order chi connectivity index (χ0) is 7.68. The molecule has 0 N–H and O–H groups in total. The Hall–Kier alpha value is -0.851. The fourth-order valence-electron chi connectivity index (χ4n) is 1.11. The van der Waals surface area contributed by atoms with Gasteiger partial charge < -0.3 is 0 Å². The van der Waals surface area contributed by atoms with Crippen LogP contribution < -0.4 is 3.58 Å². The van der Waals surface area contributed by atoms with Crippen LogP contribution in [-0.4, -0.2) is 16.2 Å². The molecule has 2 heteroatoms. The van der Waals surface area contributed by atoms with Crippen molar-refractivity contribution in [2.45, 2.75) is 0 Å². The first-order valence-electron chi connectivity index (χ1n) is 3.44. The van der Waals surface area contributed by atoms with Gasteiger partial charge in [0.2, 0.25) is 0 Å². The van der Waals surface area contributed by atoms with Gasteiger partial charge in [-0.25, -0.2) is 0 Å². The molecule has 0 aliphatic carbocycles. The van der Waals surface area contributed by atoms with Crippen LogP contribution in [0.4, 0.5) is 0 Å². The van der Waals surface area contributed by atoms with Crippen LogP contribution in [0.2, 0.25) is 0 Å². The molecular formula is C9H7NSe. The number of fused-ring (bicyclic) bond motifs is 1. The third-order valence-corrected chi connectivity index (χ3v) is 2.14. The Morgan fingerprint density at radius 3 is 2.55 bits per heavy atom. The van der Waals surface area contributed by atoms with Crippen molar-refractivity contribution in [3.8, 4) is 0 Å². The molecule has 0 fully saturated rings. The first-order valence-corrected chi connectivity index (χ1v) is 4.20. The first-order chi connectivity index (χ1) is 5.36. The van der Waals surface area contributed by atoms with E-state index in [0.717, 1.165) is 0 Å². The maximum absolute atomic E-state index is 2.91. The third kappa shape index (κ3) is 1.28. The van der Waals surface area contributed by atoms with Gasteiger partial charge in [-0.3, -0.25) is 0 Å². The van der Waals surface area contributed by atoms with Crippen LogP contribution in [0.5, 0.6) is 0 Å². The minimum atomic E-state index is 1.26. The molecule has 1 aromatic heterocycles. The molecule has 2 aromatic rings. The first kappa shape index (κ1) is 6.83. The Bertz CT molecular complexity index is 384. The third-order valence-electron chi connectivity index (χ3n) is 1.66. The van der Waals surface area contributed by atoms with Gasteiger partial charge in [0.1, 0.15) is 0 Å². The van der Waals surface area contributed by atoms with Crippen LogP contribution in [0, 0.1) is 0 Å². The maximum atomic E-state index is 2.91. The molecule has 0 saturated carbocycles. The van der Waals surface area contributed by atoms with Crippen LogP contribution in [0.25, 0.3) is 10.8 Å². The van der Waals surface area contributed by atoms with E-state index in [9.17, 15) is 0 Å². The van der Waals surface area contributed by atoms with E-state index in [1.54, 1.807) is 0 Å². The number of rotatable bonds is 0. The van der Waals surface area contributed by atoms with Crippen molar-refractivity contribution in [1.82, 2.24) is 0 Å². The van der Waals surface area contributed by atoms with Gasteiger partial charge in [-0.2, -0.15) is 0 Å². The molecule has 11 heavy (non-hydrogen) atoms. The Morgan fingerprint density at radius 2 is 1.73 bits per heavy atom. The molecule has 1 aromatic carbocycles. The van der Waals surface area contributed by atoms with Crippen LogP contribution in [0.3, 0.4) is 0 Å². The Kier molecular flexibility index (Phi) is 1.65. The van der Waals surface area contributed by atoms with Gasteiger partial charge in [-0.05, 0) is 0 Å². The molecular weight excluding hydrogens is 201 g/mol. The Balaban J connectivity index is 2.83. The standard InChI is InChI=1S/C9H7NSe/c11-10-6-5-8-3-1-2-4-9(8)7-10/h1-7H. The van der Waals surface area contributed by atoms with E-state index in [0.29, 0.717) is 0 Å². The van der Waals surface area contributed by atoms with Crippen LogP contribution in [0.1, 0.15) is 0 Å². The molecule has 0 saturated heterocycles. The monoisotopic (exact) mass is 209 g/mol. The molecule has 0 spiro atoms. The molecule has 54 valence electrons. The van der Waals surface area contributed by atoms with Gasteiger partial charge in [0.05, 0.1) is 0 Å². The van der Waals surface area contributed by atoms with Crippen molar-refractivity contribution in [2.24, 2.45) is 0 Å². The zero-order valence-corrected chi connectivity index (χ0v) is 7.61. The number of benzene rings is 1. The predicted octanol–water partition coefficient (Wildman–Crippen LogP) is 1.06. The SMILES string of the molecule is [Se-][n+]1ccc2ccccc2c1. The van der Waals surface area contributed by atoms with Crippen molar-refractivity contribution < 1.29 is 3.58 Å². The summed E-state index contributed by atoms with van der Waals surface area (Å²) in [6.45, 7) is 0. The molecule has 0 aliphatic rings. The second-order valence-electron chi connectivity index (χ2n) is 2.43. The van der Waals surface area contributed by atoms with Crippen LogP contribution in [-0.2, 0) is 0 Å². The van der Waals surface area contributed by atoms with E-state index in [-0.39, 0.29) is 0 Å². The summed E-state index contributed by atoms with van der Waals surface area (Å²) >= 11 is 2.91. The number of hydrogen-bond donors (Lipinski definition) is 0. The van der Waals surface area contributed by atoms with E-state index in [1.807, 2.05) is 21.9 Å². The Morgan fingerprint density at radius 1 is 1.00 bits per heavy atom. The quantitative estimate of drug-likeness (QED) is 0.570. The fraction of sp³-hybridized carbons (Fsp3) is 0. The summed E-state index contributed by atoms with van der Waals surface area (Å²) in [5.74, 6) is 0.